The number of halogens is 1. The van der Waals surface area contributed by atoms with Gasteiger partial charge in [-0.05, 0) is 25.1 Å². The molecule has 0 fully saturated rings. The second-order valence-corrected chi connectivity index (χ2v) is 4.38. The number of carbonyl (C=O) groups excluding carboxylic acids is 1. The highest BCUT2D eigenvalue weighted by Crippen LogP contribution is 2.18. The second-order valence-electron chi connectivity index (χ2n) is 3.94. The molecule has 2 rings (SSSR count). The first kappa shape index (κ1) is 14.3. The first-order valence-corrected chi connectivity index (χ1v) is 6.43. The fourth-order valence-corrected chi connectivity index (χ4v) is 1.71. The standard InChI is InChI=1S/C13H14ClN3O3/c1-3-19-13(18)12-15-11(17(2)16-12)8-20-10-6-4-5-9(14)7-10/h4-7H,3,8H2,1-2H3. The van der Waals surface area contributed by atoms with Crippen molar-refractivity contribution in [2.45, 2.75) is 13.5 Å². The molecule has 106 valence electrons. The Morgan fingerprint density at radius 2 is 2.25 bits per heavy atom. The van der Waals surface area contributed by atoms with E-state index in [0.717, 1.165) is 0 Å². The maximum Gasteiger partial charge on any atom is 0.378 e. The lowest BCUT2D eigenvalue weighted by Gasteiger charge is -2.05. The van der Waals surface area contributed by atoms with E-state index in [1.165, 1.54) is 4.68 Å². The Balaban J connectivity index is 2.05. The van der Waals surface area contributed by atoms with Crippen molar-refractivity contribution in [2.24, 2.45) is 7.05 Å². The molecule has 1 heterocycles. The predicted octanol–water partition coefficient (Wildman–Crippen LogP) is 2.22. The van der Waals surface area contributed by atoms with Gasteiger partial charge >= 0.3 is 5.97 Å². The molecule has 0 bridgehead atoms. The van der Waals surface area contributed by atoms with E-state index in [9.17, 15) is 4.79 Å². The van der Waals surface area contributed by atoms with Crippen LogP contribution in [0.4, 0.5) is 0 Å². The number of hydrogen-bond donors (Lipinski definition) is 0. The van der Waals surface area contributed by atoms with Gasteiger partial charge in [-0.2, -0.15) is 0 Å². The average Bonchev–Trinajstić information content (AvgIpc) is 2.78. The summed E-state index contributed by atoms with van der Waals surface area (Å²) in [5.74, 6) is 0.627. The number of esters is 1. The van der Waals surface area contributed by atoms with Crippen LogP contribution >= 0.6 is 11.6 Å². The summed E-state index contributed by atoms with van der Waals surface area (Å²) in [6, 6.07) is 7.03. The Morgan fingerprint density at radius 1 is 1.45 bits per heavy atom. The molecule has 0 spiro atoms. The molecule has 0 aliphatic rings. The van der Waals surface area contributed by atoms with Gasteiger partial charge in [0.15, 0.2) is 5.82 Å². The Bertz CT molecular complexity index is 613. The van der Waals surface area contributed by atoms with Crippen LogP contribution in [0.1, 0.15) is 23.4 Å². The molecule has 0 amide bonds. The van der Waals surface area contributed by atoms with Crippen molar-refractivity contribution in [3.63, 3.8) is 0 Å². The Labute approximate surface area is 121 Å². The molecule has 7 heteroatoms. The first-order valence-electron chi connectivity index (χ1n) is 6.05. The molecule has 0 unspecified atom stereocenters. The van der Waals surface area contributed by atoms with Crippen molar-refractivity contribution in [1.29, 1.82) is 0 Å². The van der Waals surface area contributed by atoms with Gasteiger partial charge in [0.25, 0.3) is 5.82 Å². The molecular weight excluding hydrogens is 282 g/mol. The number of carbonyl (C=O) groups is 1. The van der Waals surface area contributed by atoms with Gasteiger partial charge < -0.3 is 9.47 Å². The molecule has 0 saturated carbocycles. The zero-order valence-electron chi connectivity index (χ0n) is 11.2. The van der Waals surface area contributed by atoms with E-state index in [0.29, 0.717) is 16.6 Å². The number of ether oxygens (including phenoxy) is 2. The van der Waals surface area contributed by atoms with Gasteiger partial charge in [0, 0.05) is 12.1 Å². The van der Waals surface area contributed by atoms with Crippen molar-refractivity contribution < 1.29 is 14.3 Å². The zero-order valence-corrected chi connectivity index (χ0v) is 11.9. The van der Waals surface area contributed by atoms with Crippen molar-refractivity contribution in [2.75, 3.05) is 6.61 Å². The van der Waals surface area contributed by atoms with Crippen molar-refractivity contribution in [3.05, 3.63) is 40.9 Å². The minimum absolute atomic E-state index is 0.0269. The summed E-state index contributed by atoms with van der Waals surface area (Å²) in [7, 11) is 1.69. The van der Waals surface area contributed by atoms with E-state index >= 15 is 0 Å². The number of aromatic nitrogens is 3. The van der Waals surface area contributed by atoms with Crippen LogP contribution in [0.15, 0.2) is 24.3 Å². The third-order valence-electron chi connectivity index (χ3n) is 2.48. The highest BCUT2D eigenvalue weighted by atomic mass is 35.5. The summed E-state index contributed by atoms with van der Waals surface area (Å²) in [6.07, 6.45) is 0. The summed E-state index contributed by atoms with van der Waals surface area (Å²) in [4.78, 5) is 15.6. The van der Waals surface area contributed by atoms with Crippen LogP contribution in [-0.4, -0.2) is 27.3 Å². The molecular formula is C13H14ClN3O3. The van der Waals surface area contributed by atoms with Crippen LogP contribution < -0.4 is 4.74 Å². The molecule has 0 aliphatic heterocycles. The van der Waals surface area contributed by atoms with Gasteiger partial charge in [-0.15, -0.1) is 5.10 Å². The third kappa shape index (κ3) is 3.48. The van der Waals surface area contributed by atoms with Gasteiger partial charge in [-0.1, -0.05) is 17.7 Å². The number of hydrogen-bond acceptors (Lipinski definition) is 5. The maximum absolute atomic E-state index is 11.5. The lowest BCUT2D eigenvalue weighted by atomic mass is 10.3. The normalized spacial score (nSPS) is 10.3. The molecule has 1 aromatic heterocycles. The third-order valence-corrected chi connectivity index (χ3v) is 2.71. The molecule has 0 saturated heterocycles. The minimum atomic E-state index is -0.544. The van der Waals surface area contributed by atoms with E-state index in [2.05, 4.69) is 10.1 Å². The largest absolute Gasteiger partial charge is 0.486 e. The second kappa shape index (κ2) is 6.38. The first-order chi connectivity index (χ1) is 9.60. The molecule has 2 aromatic rings. The summed E-state index contributed by atoms with van der Waals surface area (Å²) in [5, 5.41) is 4.57. The number of benzene rings is 1. The molecule has 0 N–H and O–H groups in total. The highest BCUT2D eigenvalue weighted by Gasteiger charge is 2.16. The monoisotopic (exact) mass is 295 g/mol. The average molecular weight is 296 g/mol. The van der Waals surface area contributed by atoms with Crippen molar-refractivity contribution in [3.8, 4) is 5.75 Å². The lowest BCUT2D eigenvalue weighted by Crippen LogP contribution is -2.07. The van der Waals surface area contributed by atoms with Gasteiger partial charge in [-0.25, -0.2) is 14.5 Å². The smallest absolute Gasteiger partial charge is 0.378 e. The van der Waals surface area contributed by atoms with E-state index in [1.54, 1.807) is 38.2 Å². The van der Waals surface area contributed by atoms with Crippen LogP contribution in [0.2, 0.25) is 5.02 Å². The van der Waals surface area contributed by atoms with E-state index in [-0.39, 0.29) is 19.0 Å². The van der Waals surface area contributed by atoms with E-state index in [4.69, 9.17) is 21.1 Å². The SMILES string of the molecule is CCOC(=O)c1nc(COc2cccc(Cl)c2)n(C)n1. The van der Waals surface area contributed by atoms with Gasteiger partial charge in [0.2, 0.25) is 0 Å². The van der Waals surface area contributed by atoms with Crippen molar-refractivity contribution in [1.82, 2.24) is 14.8 Å². The molecule has 0 radical (unpaired) electrons. The fraction of sp³-hybridized carbons (Fsp3) is 0.308. The van der Waals surface area contributed by atoms with Crippen LogP contribution in [0, 0.1) is 0 Å². The molecule has 6 nitrogen and oxygen atoms in total. The van der Waals surface area contributed by atoms with E-state index in [1.807, 2.05) is 0 Å². The molecule has 0 aliphatic carbocycles. The van der Waals surface area contributed by atoms with Gasteiger partial charge in [0.1, 0.15) is 12.4 Å². The predicted molar refractivity (Wildman–Crippen MR) is 72.7 cm³/mol. The Morgan fingerprint density at radius 3 is 2.95 bits per heavy atom. The molecule has 0 atom stereocenters. The van der Waals surface area contributed by atoms with Gasteiger partial charge in [-0.3, -0.25) is 0 Å². The Kier molecular flexibility index (Phi) is 4.57. The maximum atomic E-state index is 11.5. The topological polar surface area (TPSA) is 66.2 Å². The van der Waals surface area contributed by atoms with E-state index < -0.39 is 5.97 Å². The quantitative estimate of drug-likeness (QED) is 0.791. The van der Waals surface area contributed by atoms with Crippen LogP contribution in [-0.2, 0) is 18.4 Å². The highest BCUT2D eigenvalue weighted by molar-refractivity contribution is 6.30. The zero-order chi connectivity index (χ0) is 14.5. The fourth-order valence-electron chi connectivity index (χ4n) is 1.53. The minimum Gasteiger partial charge on any atom is -0.486 e. The van der Waals surface area contributed by atoms with Crippen molar-refractivity contribution >= 4 is 17.6 Å². The lowest BCUT2D eigenvalue weighted by molar-refractivity contribution is 0.0511. The molecule has 1 aromatic carbocycles. The van der Waals surface area contributed by atoms with Crippen LogP contribution in [0.5, 0.6) is 5.75 Å². The van der Waals surface area contributed by atoms with Crippen LogP contribution in [0.25, 0.3) is 0 Å². The van der Waals surface area contributed by atoms with Crippen LogP contribution in [0.3, 0.4) is 0 Å². The number of rotatable bonds is 5. The number of nitrogens with zero attached hydrogens (tertiary/aromatic N) is 3. The summed E-state index contributed by atoms with van der Waals surface area (Å²) in [5.41, 5.74) is 0. The summed E-state index contributed by atoms with van der Waals surface area (Å²) >= 11 is 5.86. The summed E-state index contributed by atoms with van der Waals surface area (Å²) in [6.45, 7) is 2.19. The Hall–Kier alpha value is -2.08. The number of aryl methyl sites for hydroxylation is 1. The molecule has 20 heavy (non-hydrogen) atoms. The van der Waals surface area contributed by atoms with Gasteiger partial charge in [0.05, 0.1) is 6.61 Å². The summed E-state index contributed by atoms with van der Waals surface area (Å²) < 4.78 is 11.9.